The molecule has 5 heteroatoms. The molecular weight excluding hydrogens is 324 g/mol. The van der Waals surface area contributed by atoms with E-state index in [2.05, 4.69) is 29.1 Å². The smallest absolute Gasteiger partial charge is 0.323 e. The van der Waals surface area contributed by atoms with Gasteiger partial charge in [0, 0.05) is 6.42 Å². The number of allylic oxidation sites excluding steroid dienone is 2. The van der Waals surface area contributed by atoms with Crippen LogP contribution >= 0.6 is 15.9 Å². The van der Waals surface area contributed by atoms with Gasteiger partial charge in [0.2, 0.25) is 0 Å². The van der Waals surface area contributed by atoms with Gasteiger partial charge in [0.05, 0.1) is 13.2 Å². The number of rotatable bonds is 10. The van der Waals surface area contributed by atoms with Gasteiger partial charge in [0.25, 0.3) is 0 Å². The van der Waals surface area contributed by atoms with E-state index >= 15 is 0 Å². The molecule has 20 heavy (non-hydrogen) atoms. The average Bonchev–Trinajstić information content (AvgIpc) is 2.37. The van der Waals surface area contributed by atoms with Gasteiger partial charge >= 0.3 is 11.9 Å². The Morgan fingerprint density at radius 3 is 2.05 bits per heavy atom. The molecule has 0 atom stereocenters. The van der Waals surface area contributed by atoms with Crippen molar-refractivity contribution in [3.05, 3.63) is 23.7 Å². The number of hydrogen-bond donors (Lipinski definition) is 0. The molecule has 0 fully saturated rings. The number of esters is 2. The lowest BCUT2D eigenvalue weighted by Crippen LogP contribution is -2.42. The number of halogens is 1. The van der Waals surface area contributed by atoms with Gasteiger partial charge in [-0.15, -0.1) is 6.58 Å². The fourth-order valence-corrected chi connectivity index (χ4v) is 2.41. The van der Waals surface area contributed by atoms with Gasteiger partial charge in [-0.25, -0.2) is 0 Å². The Hall–Kier alpha value is -1.10. The zero-order chi connectivity index (χ0) is 15.6. The quantitative estimate of drug-likeness (QED) is 0.261. The van der Waals surface area contributed by atoms with Crippen molar-refractivity contribution in [2.24, 2.45) is 5.41 Å². The van der Waals surface area contributed by atoms with Crippen LogP contribution in [-0.2, 0) is 19.1 Å². The number of unbranched alkanes of at least 4 members (excludes halogenated alkanes) is 1. The molecule has 0 aliphatic heterocycles. The van der Waals surface area contributed by atoms with Gasteiger partial charge in [0.1, 0.15) is 0 Å². The van der Waals surface area contributed by atoms with E-state index in [4.69, 9.17) is 9.47 Å². The Balaban J connectivity index is 5.36. The van der Waals surface area contributed by atoms with Crippen molar-refractivity contribution in [1.29, 1.82) is 0 Å². The van der Waals surface area contributed by atoms with E-state index < -0.39 is 17.4 Å². The second-order valence-electron chi connectivity index (χ2n) is 4.40. The van der Waals surface area contributed by atoms with Crippen LogP contribution in [0, 0.1) is 5.41 Å². The summed E-state index contributed by atoms with van der Waals surface area (Å²) in [6.45, 7) is 11.2. The molecule has 0 aromatic carbocycles. The molecule has 0 aliphatic carbocycles. The molecule has 4 nitrogen and oxygen atoms in total. The fraction of sp³-hybridized carbons (Fsp3) is 0.600. The molecule has 114 valence electrons. The molecule has 0 N–H and O–H groups in total. The molecule has 0 aliphatic rings. The average molecular weight is 347 g/mol. The Morgan fingerprint density at radius 2 is 1.70 bits per heavy atom. The maximum Gasteiger partial charge on any atom is 0.323 e. The van der Waals surface area contributed by atoms with E-state index in [9.17, 15) is 9.59 Å². The lowest BCUT2D eigenvalue weighted by Gasteiger charge is -2.28. The third kappa shape index (κ3) is 5.49. The van der Waals surface area contributed by atoms with Crippen LogP contribution in [0.1, 0.15) is 39.5 Å². The van der Waals surface area contributed by atoms with Gasteiger partial charge in [-0.05, 0) is 37.6 Å². The summed E-state index contributed by atoms with van der Waals surface area (Å²) in [5, 5.41) is 0. The molecule has 0 heterocycles. The lowest BCUT2D eigenvalue weighted by molar-refractivity contribution is -0.172. The predicted octanol–water partition coefficient (Wildman–Crippen LogP) is 3.75. The minimum absolute atomic E-state index is 0.168. The van der Waals surface area contributed by atoms with Crippen LogP contribution in [0.2, 0.25) is 0 Å². The van der Waals surface area contributed by atoms with Crippen LogP contribution < -0.4 is 0 Å². The lowest BCUT2D eigenvalue weighted by atomic mass is 9.79. The zero-order valence-electron chi connectivity index (χ0n) is 12.2. The highest BCUT2D eigenvalue weighted by molar-refractivity contribution is 9.11. The highest BCUT2D eigenvalue weighted by Gasteiger charge is 2.48. The molecule has 0 amide bonds. The summed E-state index contributed by atoms with van der Waals surface area (Å²) in [5.74, 6) is -1.11. The third-order valence-corrected chi connectivity index (χ3v) is 3.12. The van der Waals surface area contributed by atoms with Crippen molar-refractivity contribution in [3.8, 4) is 0 Å². The number of carbonyl (C=O) groups is 2. The second-order valence-corrected chi connectivity index (χ2v) is 5.52. The van der Waals surface area contributed by atoms with Crippen molar-refractivity contribution in [2.45, 2.75) is 39.5 Å². The van der Waals surface area contributed by atoms with E-state index in [1.54, 1.807) is 19.9 Å². The normalized spacial score (nSPS) is 10.8. The highest BCUT2D eigenvalue weighted by atomic mass is 79.9. The van der Waals surface area contributed by atoms with Gasteiger partial charge in [-0.2, -0.15) is 0 Å². The summed E-state index contributed by atoms with van der Waals surface area (Å²) in [5.41, 5.74) is -1.32. The van der Waals surface area contributed by atoms with Crippen molar-refractivity contribution in [1.82, 2.24) is 0 Å². The first kappa shape index (κ1) is 18.9. The van der Waals surface area contributed by atoms with E-state index in [-0.39, 0.29) is 19.6 Å². The highest BCUT2D eigenvalue weighted by Crippen LogP contribution is 2.37. The maximum atomic E-state index is 12.3. The van der Waals surface area contributed by atoms with Crippen LogP contribution in [0.25, 0.3) is 0 Å². The molecule has 0 bridgehead atoms. The Kier molecular flexibility index (Phi) is 9.21. The van der Waals surface area contributed by atoms with Gasteiger partial charge in [0.15, 0.2) is 5.41 Å². The molecule has 0 aromatic heterocycles. The molecule has 0 radical (unpaired) electrons. The molecule has 0 rings (SSSR count). The standard InChI is InChI=1S/C15H23BrO4/c1-5-8-9-10-15(11-12(4)16,13(17)19-6-2)14(18)20-7-3/h5H,1,4,6-11H2,2-3H3. The number of hydrogen-bond acceptors (Lipinski definition) is 4. The Bertz CT molecular complexity index is 345. The van der Waals surface area contributed by atoms with Crippen LogP contribution in [0.3, 0.4) is 0 Å². The van der Waals surface area contributed by atoms with Crippen molar-refractivity contribution in [2.75, 3.05) is 13.2 Å². The van der Waals surface area contributed by atoms with Crippen molar-refractivity contribution in [3.63, 3.8) is 0 Å². The van der Waals surface area contributed by atoms with Crippen LogP contribution in [0.15, 0.2) is 23.7 Å². The van der Waals surface area contributed by atoms with Crippen LogP contribution in [0.4, 0.5) is 0 Å². The first-order valence-electron chi connectivity index (χ1n) is 6.73. The SMILES string of the molecule is C=CCCCC(CC(=C)Br)(C(=O)OCC)C(=O)OCC. The molecular formula is C15H23BrO4. The number of ether oxygens (including phenoxy) is 2. The summed E-state index contributed by atoms with van der Waals surface area (Å²) in [7, 11) is 0. The first-order valence-corrected chi connectivity index (χ1v) is 7.52. The topological polar surface area (TPSA) is 52.6 Å². The summed E-state index contributed by atoms with van der Waals surface area (Å²) >= 11 is 3.23. The van der Waals surface area contributed by atoms with Crippen molar-refractivity contribution >= 4 is 27.9 Å². The van der Waals surface area contributed by atoms with Gasteiger partial charge in [-0.3, -0.25) is 9.59 Å². The van der Waals surface area contributed by atoms with E-state index in [0.717, 1.165) is 6.42 Å². The summed E-state index contributed by atoms with van der Waals surface area (Å²) < 4.78 is 10.7. The third-order valence-electron chi connectivity index (χ3n) is 2.84. The van der Waals surface area contributed by atoms with Gasteiger partial charge < -0.3 is 9.47 Å². The van der Waals surface area contributed by atoms with Crippen LogP contribution in [-0.4, -0.2) is 25.2 Å². The van der Waals surface area contributed by atoms with E-state index in [1.807, 2.05) is 0 Å². The van der Waals surface area contributed by atoms with Crippen LogP contribution in [0.5, 0.6) is 0 Å². The van der Waals surface area contributed by atoms with Gasteiger partial charge in [-0.1, -0.05) is 28.6 Å². The monoisotopic (exact) mass is 346 g/mol. The molecule has 0 unspecified atom stereocenters. The number of carbonyl (C=O) groups excluding carboxylic acids is 2. The summed E-state index contributed by atoms with van der Waals surface area (Å²) in [6, 6.07) is 0. The summed E-state index contributed by atoms with van der Waals surface area (Å²) in [6.07, 6.45) is 3.64. The minimum Gasteiger partial charge on any atom is -0.465 e. The summed E-state index contributed by atoms with van der Waals surface area (Å²) in [4.78, 5) is 24.6. The predicted molar refractivity (Wildman–Crippen MR) is 82.4 cm³/mol. The minimum atomic E-state index is -1.32. The molecule has 0 spiro atoms. The zero-order valence-corrected chi connectivity index (χ0v) is 13.8. The maximum absolute atomic E-state index is 12.3. The van der Waals surface area contributed by atoms with E-state index in [1.165, 1.54) is 0 Å². The Morgan fingerprint density at radius 1 is 1.20 bits per heavy atom. The first-order chi connectivity index (χ1) is 9.44. The second kappa shape index (κ2) is 9.75. The van der Waals surface area contributed by atoms with Crippen molar-refractivity contribution < 1.29 is 19.1 Å². The largest absolute Gasteiger partial charge is 0.465 e. The molecule has 0 saturated carbocycles. The fourth-order valence-electron chi connectivity index (χ4n) is 1.93. The van der Waals surface area contributed by atoms with E-state index in [0.29, 0.717) is 17.3 Å². The molecule has 0 saturated heterocycles. The molecule has 0 aromatic rings. The Labute approximate surface area is 129 Å².